The topological polar surface area (TPSA) is 117 Å². The Labute approximate surface area is 209 Å². The predicted octanol–water partition coefficient (Wildman–Crippen LogP) is 4.32. The van der Waals surface area contributed by atoms with Crippen LogP contribution in [0, 0.1) is 0 Å². The summed E-state index contributed by atoms with van der Waals surface area (Å²) >= 11 is 5.89. The molecule has 0 unspecified atom stereocenters. The molecular weight excluding hydrogens is 525 g/mol. The summed E-state index contributed by atoms with van der Waals surface area (Å²) in [6.45, 7) is 0. The normalized spacial score (nSPS) is 11.8. The molecule has 0 fully saturated rings. The van der Waals surface area contributed by atoms with Gasteiger partial charge in [-0.2, -0.15) is 13.2 Å². The summed E-state index contributed by atoms with van der Waals surface area (Å²) in [4.78, 5) is 24.5. The monoisotopic (exact) mass is 544 g/mol. The highest BCUT2D eigenvalue weighted by Gasteiger charge is 2.43. The molecular formula is C21H20ClF3N6O4S. The van der Waals surface area contributed by atoms with E-state index in [9.17, 15) is 26.4 Å². The molecule has 15 heteroatoms. The molecule has 0 bridgehead atoms. The smallest absolute Gasteiger partial charge is 0.378 e. The highest BCUT2D eigenvalue weighted by atomic mass is 35.5. The molecule has 3 aromatic rings. The van der Waals surface area contributed by atoms with Crippen molar-refractivity contribution in [3.63, 3.8) is 0 Å². The van der Waals surface area contributed by atoms with Gasteiger partial charge in [-0.3, -0.25) is 0 Å². The fourth-order valence-electron chi connectivity index (χ4n) is 2.75. The number of nitrogens with zero attached hydrogens (tertiary/aromatic N) is 4. The second-order valence-electron chi connectivity index (χ2n) is 7.45. The zero-order chi connectivity index (χ0) is 26.7. The summed E-state index contributed by atoms with van der Waals surface area (Å²) in [5, 5.41) is 6.57. The molecule has 10 nitrogen and oxygen atoms in total. The van der Waals surface area contributed by atoms with Crippen LogP contribution in [0.2, 0.25) is 5.02 Å². The standard InChI is InChI=1S/C21H20ClF3N6O4S/c1-30(2)16-8-15(9-17(10-16)36(33,34)31(3)35-20(32)21(23,24)25)29-19-11-18(26-12-27-19)28-14-6-4-13(22)5-7-14/h4-12H,1-3H3,(H2,26,27,28,29). The third-order valence-corrected chi connectivity index (χ3v) is 6.38. The summed E-state index contributed by atoms with van der Waals surface area (Å²) in [5.41, 5.74) is 1.35. The number of benzene rings is 2. The van der Waals surface area contributed by atoms with Gasteiger partial charge in [-0.25, -0.2) is 23.2 Å². The molecule has 0 saturated heterocycles. The van der Waals surface area contributed by atoms with Crippen molar-refractivity contribution in [2.24, 2.45) is 0 Å². The number of hydrogen-bond acceptors (Lipinski definition) is 9. The van der Waals surface area contributed by atoms with Gasteiger partial charge in [-0.15, -0.1) is 0 Å². The van der Waals surface area contributed by atoms with E-state index in [1.165, 1.54) is 12.4 Å². The predicted molar refractivity (Wildman–Crippen MR) is 128 cm³/mol. The molecule has 0 aliphatic rings. The number of anilines is 5. The van der Waals surface area contributed by atoms with E-state index in [0.717, 1.165) is 6.07 Å². The van der Waals surface area contributed by atoms with Gasteiger partial charge in [0.05, 0.1) is 4.90 Å². The fourth-order valence-corrected chi connectivity index (χ4v) is 3.89. The van der Waals surface area contributed by atoms with E-state index in [4.69, 9.17) is 11.6 Å². The average Bonchev–Trinajstić information content (AvgIpc) is 2.80. The van der Waals surface area contributed by atoms with Crippen molar-refractivity contribution >= 4 is 56.3 Å². The van der Waals surface area contributed by atoms with Crippen LogP contribution < -0.4 is 15.5 Å². The van der Waals surface area contributed by atoms with Crippen molar-refractivity contribution in [3.8, 4) is 0 Å². The second kappa shape index (κ2) is 10.6. The van der Waals surface area contributed by atoms with Gasteiger partial charge in [0.1, 0.15) is 18.0 Å². The Morgan fingerprint density at radius 2 is 1.53 bits per heavy atom. The molecule has 0 aliphatic carbocycles. The Balaban J connectivity index is 1.89. The van der Waals surface area contributed by atoms with Crippen molar-refractivity contribution in [2.45, 2.75) is 11.1 Å². The van der Waals surface area contributed by atoms with Gasteiger partial charge in [-0.05, 0) is 46.9 Å². The summed E-state index contributed by atoms with van der Waals surface area (Å²) in [5.74, 6) is -1.96. The van der Waals surface area contributed by atoms with Crippen LogP contribution in [0.1, 0.15) is 0 Å². The minimum Gasteiger partial charge on any atom is -0.378 e. The largest absolute Gasteiger partial charge is 0.492 e. The maximum Gasteiger partial charge on any atom is 0.492 e. The van der Waals surface area contributed by atoms with Gasteiger partial charge < -0.3 is 20.4 Å². The fraction of sp³-hybridized carbons (Fsp3) is 0.190. The molecule has 0 aliphatic heterocycles. The van der Waals surface area contributed by atoms with Gasteiger partial charge in [0.15, 0.2) is 0 Å². The van der Waals surface area contributed by atoms with E-state index in [2.05, 4.69) is 25.4 Å². The summed E-state index contributed by atoms with van der Waals surface area (Å²) < 4.78 is 63.1. The van der Waals surface area contributed by atoms with Crippen LogP contribution >= 0.6 is 11.6 Å². The van der Waals surface area contributed by atoms with Crippen molar-refractivity contribution in [3.05, 3.63) is 59.9 Å². The number of carbonyl (C=O) groups is 1. The van der Waals surface area contributed by atoms with E-state index >= 15 is 0 Å². The van der Waals surface area contributed by atoms with E-state index in [1.54, 1.807) is 55.4 Å². The first kappa shape index (κ1) is 27.0. The van der Waals surface area contributed by atoms with Gasteiger partial charge in [0.25, 0.3) is 10.0 Å². The lowest BCUT2D eigenvalue weighted by Gasteiger charge is -2.20. The molecule has 1 aromatic heterocycles. The van der Waals surface area contributed by atoms with Gasteiger partial charge in [-0.1, -0.05) is 11.6 Å². The van der Waals surface area contributed by atoms with Crippen LogP contribution in [0.15, 0.2) is 59.8 Å². The molecule has 0 spiro atoms. The minimum absolute atomic E-state index is 0.139. The molecule has 192 valence electrons. The number of hydroxylamine groups is 1. The summed E-state index contributed by atoms with van der Waals surface area (Å²) in [6, 6.07) is 12.4. The number of alkyl halides is 3. The molecule has 2 N–H and O–H groups in total. The zero-order valence-corrected chi connectivity index (χ0v) is 20.6. The van der Waals surface area contributed by atoms with Crippen molar-refractivity contribution in [1.82, 2.24) is 14.4 Å². The van der Waals surface area contributed by atoms with E-state index < -0.39 is 27.1 Å². The quantitative estimate of drug-likeness (QED) is 0.400. The molecule has 0 radical (unpaired) electrons. The van der Waals surface area contributed by atoms with Gasteiger partial charge in [0, 0.05) is 49.3 Å². The lowest BCUT2D eigenvalue weighted by Crippen LogP contribution is -2.36. The number of sulfonamides is 1. The molecule has 0 amide bonds. The minimum atomic E-state index is -5.37. The van der Waals surface area contributed by atoms with Crippen LogP contribution in [0.25, 0.3) is 0 Å². The van der Waals surface area contributed by atoms with Crippen molar-refractivity contribution in [2.75, 3.05) is 36.7 Å². The molecule has 36 heavy (non-hydrogen) atoms. The van der Waals surface area contributed by atoms with Crippen LogP contribution in [0.4, 0.5) is 41.9 Å². The Bertz CT molecular complexity index is 1350. The third-order valence-electron chi connectivity index (χ3n) is 4.54. The third kappa shape index (κ3) is 6.74. The lowest BCUT2D eigenvalue weighted by molar-refractivity contribution is -0.219. The van der Waals surface area contributed by atoms with Crippen molar-refractivity contribution in [1.29, 1.82) is 0 Å². The molecule has 1 heterocycles. The average molecular weight is 545 g/mol. The number of hydrogen-bond donors (Lipinski definition) is 2. The second-order valence-corrected chi connectivity index (χ2v) is 9.82. The Morgan fingerprint density at radius 3 is 2.08 bits per heavy atom. The van der Waals surface area contributed by atoms with Gasteiger partial charge in [0.2, 0.25) is 0 Å². The first-order valence-electron chi connectivity index (χ1n) is 9.98. The number of aromatic nitrogens is 2. The van der Waals surface area contributed by atoms with Crippen LogP contribution in [0.5, 0.6) is 0 Å². The molecule has 0 atom stereocenters. The Kier molecular flexibility index (Phi) is 7.91. The first-order chi connectivity index (χ1) is 16.8. The number of carbonyl (C=O) groups excluding carboxylic acids is 1. The van der Waals surface area contributed by atoms with Crippen molar-refractivity contribution < 1.29 is 31.2 Å². The first-order valence-corrected chi connectivity index (χ1v) is 11.8. The number of nitrogens with one attached hydrogen (secondary N) is 2. The summed E-state index contributed by atoms with van der Waals surface area (Å²) in [7, 11) is -0.681. The Hall–Kier alpha value is -3.62. The molecule has 0 saturated carbocycles. The number of halogens is 4. The molecule has 2 aromatic carbocycles. The van der Waals surface area contributed by atoms with E-state index in [0.29, 0.717) is 29.3 Å². The highest BCUT2D eigenvalue weighted by molar-refractivity contribution is 7.89. The lowest BCUT2D eigenvalue weighted by atomic mass is 10.2. The van der Waals surface area contributed by atoms with E-state index in [-0.39, 0.29) is 16.0 Å². The highest BCUT2D eigenvalue weighted by Crippen LogP contribution is 2.29. The van der Waals surface area contributed by atoms with Crippen LogP contribution in [-0.2, 0) is 19.7 Å². The summed E-state index contributed by atoms with van der Waals surface area (Å²) in [6.07, 6.45) is -4.09. The molecule has 3 rings (SSSR count). The zero-order valence-electron chi connectivity index (χ0n) is 19.0. The van der Waals surface area contributed by atoms with Crippen LogP contribution in [0.3, 0.4) is 0 Å². The SMILES string of the molecule is CN(C)c1cc(Nc2cc(Nc3ccc(Cl)cc3)ncn2)cc(S(=O)(=O)N(C)OC(=O)C(F)(F)F)c1. The maximum atomic E-state index is 12.8. The van der Waals surface area contributed by atoms with E-state index in [1.807, 2.05) is 0 Å². The van der Waals surface area contributed by atoms with Crippen LogP contribution in [-0.4, -0.2) is 56.1 Å². The maximum absolute atomic E-state index is 12.8. The Morgan fingerprint density at radius 1 is 0.944 bits per heavy atom. The number of rotatable bonds is 8. The van der Waals surface area contributed by atoms with Gasteiger partial charge >= 0.3 is 12.1 Å².